The van der Waals surface area contributed by atoms with Crippen LogP contribution in [0.25, 0.3) is 0 Å². The molecule has 2 aromatic carbocycles. The Labute approximate surface area is 232 Å². The van der Waals surface area contributed by atoms with Crippen LogP contribution in [0.15, 0.2) is 36.4 Å². The molecule has 0 radical (unpaired) electrons. The normalized spacial score (nSPS) is 22.9. The summed E-state index contributed by atoms with van der Waals surface area (Å²) < 4.78 is 35.8. The molecule has 1 N–H and O–H groups in total. The van der Waals surface area contributed by atoms with Crippen LogP contribution in [0.5, 0.6) is 5.75 Å². The topological polar surface area (TPSA) is 70.7 Å². The Bertz CT molecular complexity index is 1080. The summed E-state index contributed by atoms with van der Waals surface area (Å²) in [5.41, 5.74) is 5.51. The van der Waals surface area contributed by atoms with Crippen molar-refractivity contribution in [2.75, 3.05) is 64.6 Å². The molecule has 3 atom stereocenters. The molecule has 1 fully saturated rings. The van der Waals surface area contributed by atoms with Crippen molar-refractivity contribution in [3.63, 3.8) is 0 Å². The van der Waals surface area contributed by atoms with E-state index in [2.05, 4.69) is 46.6 Å². The van der Waals surface area contributed by atoms with Gasteiger partial charge >= 0.3 is 0 Å². The summed E-state index contributed by atoms with van der Waals surface area (Å²) in [4.78, 5) is 2.39. The second kappa shape index (κ2) is 13.4. The molecule has 2 aromatic rings. The molecule has 0 unspecified atom stereocenters. The lowest BCUT2D eigenvalue weighted by Crippen LogP contribution is -2.53. The fourth-order valence-corrected chi connectivity index (χ4v) is 5.97. The van der Waals surface area contributed by atoms with Gasteiger partial charge in [0.2, 0.25) is 0 Å². The molecule has 3 aliphatic heterocycles. The monoisotopic (exact) mass is 540 g/mol. The summed E-state index contributed by atoms with van der Waals surface area (Å²) in [7, 11) is 1.75. The first kappa shape index (κ1) is 28.3. The Morgan fingerprint density at radius 2 is 2.03 bits per heavy atom. The zero-order chi connectivity index (χ0) is 27.1. The molecule has 0 aliphatic carbocycles. The Morgan fingerprint density at radius 1 is 1.15 bits per heavy atom. The molecule has 8 nitrogen and oxygen atoms in total. The van der Waals surface area contributed by atoms with Gasteiger partial charge < -0.3 is 38.6 Å². The third-order valence-electron chi connectivity index (χ3n) is 7.92. The summed E-state index contributed by atoms with van der Waals surface area (Å²) in [6.45, 7) is 12.0. The molecule has 5 rings (SSSR count). The predicted octanol–water partition coefficient (Wildman–Crippen LogP) is 4.17. The Balaban J connectivity index is 1.24. The van der Waals surface area contributed by atoms with Crippen molar-refractivity contribution >= 4 is 5.69 Å². The maximum absolute atomic E-state index is 6.63. The molecule has 0 amide bonds. The van der Waals surface area contributed by atoms with Gasteiger partial charge in [-0.2, -0.15) is 0 Å². The predicted molar refractivity (Wildman–Crippen MR) is 150 cm³/mol. The summed E-state index contributed by atoms with van der Waals surface area (Å²) in [6, 6.07) is 13.0. The van der Waals surface area contributed by atoms with E-state index in [-0.39, 0.29) is 12.2 Å². The van der Waals surface area contributed by atoms with Crippen LogP contribution in [0.2, 0.25) is 0 Å². The minimum atomic E-state index is -0.424. The van der Waals surface area contributed by atoms with E-state index in [9.17, 15) is 0 Å². The molecular weight excluding hydrogens is 496 g/mol. The van der Waals surface area contributed by atoms with Gasteiger partial charge in [0, 0.05) is 33.4 Å². The molecule has 3 aliphatic rings. The van der Waals surface area contributed by atoms with E-state index in [4.69, 9.17) is 28.4 Å². The maximum atomic E-state index is 6.63. The molecule has 39 heavy (non-hydrogen) atoms. The first-order chi connectivity index (χ1) is 19.1. The number of benzene rings is 2. The van der Waals surface area contributed by atoms with Gasteiger partial charge in [-0.05, 0) is 67.6 Å². The third-order valence-corrected chi connectivity index (χ3v) is 7.92. The molecular formula is C31H44N2O6. The van der Waals surface area contributed by atoms with E-state index in [1.54, 1.807) is 7.11 Å². The van der Waals surface area contributed by atoms with Gasteiger partial charge in [0.25, 0.3) is 0 Å². The Kier molecular flexibility index (Phi) is 9.76. The van der Waals surface area contributed by atoms with Gasteiger partial charge in [0.15, 0.2) is 0 Å². The van der Waals surface area contributed by atoms with Crippen LogP contribution in [-0.2, 0) is 49.1 Å². The van der Waals surface area contributed by atoms with Gasteiger partial charge in [-0.1, -0.05) is 24.3 Å². The molecule has 3 heterocycles. The highest BCUT2D eigenvalue weighted by Gasteiger charge is 2.48. The first-order valence-corrected chi connectivity index (χ1v) is 14.4. The lowest BCUT2D eigenvalue weighted by molar-refractivity contribution is -0.162. The molecule has 214 valence electrons. The minimum Gasteiger partial charge on any atom is -0.490 e. The van der Waals surface area contributed by atoms with Crippen molar-refractivity contribution < 1.29 is 28.4 Å². The number of ether oxygens (including phenoxy) is 6. The van der Waals surface area contributed by atoms with E-state index < -0.39 is 5.60 Å². The van der Waals surface area contributed by atoms with Crippen molar-refractivity contribution in [1.29, 1.82) is 0 Å². The van der Waals surface area contributed by atoms with Gasteiger partial charge in [-0.25, -0.2) is 0 Å². The SMILES string of the molecule is CCO[C@H](C)COCc1ccc2c(c1)CO[C@@]21CCNC[C@@H]1OCc1ccc2c(c1)N(CCCOC)CCO2. The lowest BCUT2D eigenvalue weighted by Gasteiger charge is -2.41. The van der Waals surface area contributed by atoms with Crippen LogP contribution >= 0.6 is 0 Å². The lowest BCUT2D eigenvalue weighted by atomic mass is 9.81. The largest absolute Gasteiger partial charge is 0.490 e. The summed E-state index contributed by atoms with van der Waals surface area (Å²) in [5, 5.41) is 3.52. The van der Waals surface area contributed by atoms with Crippen LogP contribution in [0.1, 0.15) is 48.9 Å². The van der Waals surface area contributed by atoms with Gasteiger partial charge in [0.1, 0.15) is 24.1 Å². The number of hydrogen-bond acceptors (Lipinski definition) is 8. The van der Waals surface area contributed by atoms with Gasteiger partial charge in [-0.3, -0.25) is 0 Å². The van der Waals surface area contributed by atoms with E-state index in [0.717, 1.165) is 68.2 Å². The van der Waals surface area contributed by atoms with Crippen molar-refractivity contribution in [2.24, 2.45) is 0 Å². The maximum Gasteiger partial charge on any atom is 0.142 e. The van der Waals surface area contributed by atoms with E-state index in [1.165, 1.54) is 11.1 Å². The Morgan fingerprint density at radius 3 is 2.90 bits per heavy atom. The van der Waals surface area contributed by atoms with Crippen LogP contribution < -0.4 is 15.0 Å². The highest BCUT2D eigenvalue weighted by molar-refractivity contribution is 5.61. The molecule has 0 bridgehead atoms. The summed E-state index contributed by atoms with van der Waals surface area (Å²) in [5.74, 6) is 0.943. The first-order valence-electron chi connectivity index (χ1n) is 14.4. The Hall–Kier alpha value is -2.20. The van der Waals surface area contributed by atoms with Crippen LogP contribution in [0, 0.1) is 0 Å². The summed E-state index contributed by atoms with van der Waals surface area (Å²) >= 11 is 0. The quantitative estimate of drug-likeness (QED) is 0.380. The second-order valence-corrected chi connectivity index (χ2v) is 10.7. The number of methoxy groups -OCH3 is 1. The fraction of sp³-hybridized carbons (Fsp3) is 0.613. The summed E-state index contributed by atoms with van der Waals surface area (Å²) in [6.07, 6.45) is 1.90. The number of hydrogen-bond donors (Lipinski definition) is 1. The minimum absolute atomic E-state index is 0.0771. The zero-order valence-corrected chi connectivity index (χ0v) is 23.7. The van der Waals surface area contributed by atoms with Crippen molar-refractivity contribution in [1.82, 2.24) is 5.32 Å². The van der Waals surface area contributed by atoms with Crippen molar-refractivity contribution in [3.05, 3.63) is 58.7 Å². The smallest absolute Gasteiger partial charge is 0.142 e. The van der Waals surface area contributed by atoms with Gasteiger partial charge in [-0.15, -0.1) is 0 Å². The van der Waals surface area contributed by atoms with Crippen LogP contribution in [0.4, 0.5) is 5.69 Å². The third kappa shape index (κ3) is 6.59. The van der Waals surface area contributed by atoms with E-state index >= 15 is 0 Å². The second-order valence-electron chi connectivity index (χ2n) is 10.7. The number of anilines is 1. The number of rotatable bonds is 13. The number of nitrogens with one attached hydrogen (secondary N) is 1. The fourth-order valence-electron chi connectivity index (χ4n) is 5.97. The van der Waals surface area contributed by atoms with Crippen LogP contribution in [-0.4, -0.2) is 71.9 Å². The van der Waals surface area contributed by atoms with E-state index in [0.29, 0.717) is 39.6 Å². The molecule has 1 spiro atoms. The average Bonchev–Trinajstić information content (AvgIpc) is 3.31. The molecule has 0 saturated carbocycles. The zero-order valence-electron chi connectivity index (χ0n) is 23.7. The standard InChI is InChI=1S/C31H44N2O6/c1-4-36-23(2)19-35-20-24-6-8-27-26(16-24)22-39-31(27)10-11-32-18-30(31)38-21-25-7-9-29-28(17-25)33(13-15-37-29)12-5-14-34-3/h6-9,16-17,23,30,32H,4-5,10-15,18-22H2,1-3H3/t23-,30+,31+/m1/s1. The van der Waals surface area contributed by atoms with E-state index in [1.807, 2.05) is 13.8 Å². The number of fused-ring (bicyclic) bond motifs is 3. The molecule has 1 saturated heterocycles. The van der Waals surface area contributed by atoms with Gasteiger partial charge in [0.05, 0.1) is 44.8 Å². The highest BCUT2D eigenvalue weighted by Crippen LogP contribution is 2.45. The average molecular weight is 541 g/mol. The highest BCUT2D eigenvalue weighted by atomic mass is 16.6. The van der Waals surface area contributed by atoms with Crippen LogP contribution in [0.3, 0.4) is 0 Å². The molecule has 8 heteroatoms. The number of piperidine rings is 1. The van der Waals surface area contributed by atoms with Crippen molar-refractivity contribution in [2.45, 2.75) is 64.3 Å². The molecule has 0 aromatic heterocycles. The number of nitrogens with zero attached hydrogens (tertiary/aromatic N) is 1. The van der Waals surface area contributed by atoms with Crippen molar-refractivity contribution in [3.8, 4) is 5.75 Å².